The maximum Gasteiger partial charge on any atom is 0.252 e. The third-order valence-electron chi connectivity index (χ3n) is 4.17. The van der Waals surface area contributed by atoms with Crippen molar-refractivity contribution in [2.45, 2.75) is 38.6 Å². The number of carbonyl (C=O) groups is 1. The van der Waals surface area contributed by atoms with Gasteiger partial charge in [0.15, 0.2) is 0 Å². The predicted molar refractivity (Wildman–Crippen MR) is 78.8 cm³/mol. The molecular formula is C13H19N7O. The summed E-state index contributed by atoms with van der Waals surface area (Å²) in [7, 11) is 0. The van der Waals surface area contributed by atoms with Crippen LogP contribution in [0, 0.1) is 5.92 Å². The molecule has 1 aliphatic rings. The third-order valence-corrected chi connectivity index (χ3v) is 4.17. The van der Waals surface area contributed by atoms with Crippen molar-refractivity contribution in [3.8, 4) is 0 Å². The third kappa shape index (κ3) is 2.37. The number of primary amides is 1. The van der Waals surface area contributed by atoms with Gasteiger partial charge in [-0.05, 0) is 18.8 Å². The zero-order valence-corrected chi connectivity index (χ0v) is 11.9. The van der Waals surface area contributed by atoms with Gasteiger partial charge < -0.3 is 16.8 Å². The van der Waals surface area contributed by atoms with Crippen LogP contribution in [0.2, 0.25) is 0 Å². The van der Waals surface area contributed by atoms with Crippen molar-refractivity contribution in [1.29, 1.82) is 0 Å². The van der Waals surface area contributed by atoms with Gasteiger partial charge in [-0.1, -0.05) is 19.8 Å². The van der Waals surface area contributed by atoms with Gasteiger partial charge in [-0.2, -0.15) is 9.61 Å². The van der Waals surface area contributed by atoms with Gasteiger partial charge in [-0.3, -0.25) is 4.79 Å². The van der Waals surface area contributed by atoms with Gasteiger partial charge >= 0.3 is 0 Å². The van der Waals surface area contributed by atoms with Crippen LogP contribution < -0.4 is 16.8 Å². The largest absolute Gasteiger partial charge is 0.378 e. The Kier molecular flexibility index (Phi) is 3.36. The van der Waals surface area contributed by atoms with Crippen molar-refractivity contribution in [1.82, 2.24) is 19.8 Å². The van der Waals surface area contributed by atoms with Crippen molar-refractivity contribution in [3.63, 3.8) is 0 Å². The van der Waals surface area contributed by atoms with Gasteiger partial charge in [0.2, 0.25) is 11.6 Å². The van der Waals surface area contributed by atoms with Crippen LogP contribution >= 0.6 is 0 Å². The van der Waals surface area contributed by atoms with Crippen LogP contribution in [0.15, 0.2) is 6.20 Å². The molecule has 112 valence electrons. The number of carbonyl (C=O) groups excluding carboxylic acids is 1. The highest BCUT2D eigenvalue weighted by atomic mass is 16.1. The molecular weight excluding hydrogens is 270 g/mol. The highest BCUT2D eigenvalue weighted by molar-refractivity contribution is 6.01. The molecule has 0 bridgehead atoms. The maximum absolute atomic E-state index is 11.6. The van der Waals surface area contributed by atoms with E-state index in [-0.39, 0.29) is 12.0 Å². The summed E-state index contributed by atoms with van der Waals surface area (Å²) in [6, 6.07) is 0.279. The van der Waals surface area contributed by atoms with Gasteiger partial charge in [0.1, 0.15) is 0 Å². The van der Waals surface area contributed by atoms with E-state index in [4.69, 9.17) is 11.5 Å². The van der Waals surface area contributed by atoms with E-state index in [1.807, 2.05) is 0 Å². The van der Waals surface area contributed by atoms with Crippen LogP contribution in [0.1, 0.15) is 43.0 Å². The molecule has 0 radical (unpaired) electrons. The Labute approximate surface area is 121 Å². The Balaban J connectivity index is 2.05. The number of hydrogen-bond acceptors (Lipinski definition) is 6. The Morgan fingerprint density at radius 3 is 2.86 bits per heavy atom. The minimum atomic E-state index is -0.544. The van der Waals surface area contributed by atoms with E-state index in [1.54, 1.807) is 0 Å². The fourth-order valence-corrected chi connectivity index (χ4v) is 2.91. The molecule has 5 N–H and O–H groups in total. The molecule has 1 aliphatic carbocycles. The lowest BCUT2D eigenvalue weighted by Gasteiger charge is -2.30. The molecule has 2 unspecified atom stereocenters. The zero-order chi connectivity index (χ0) is 15.0. The number of nitrogen functional groups attached to an aromatic ring is 1. The molecule has 2 aromatic heterocycles. The van der Waals surface area contributed by atoms with Gasteiger partial charge in [0, 0.05) is 6.04 Å². The molecule has 0 aliphatic heterocycles. The molecule has 2 aromatic rings. The maximum atomic E-state index is 11.6. The topological polar surface area (TPSA) is 124 Å². The lowest BCUT2D eigenvalue weighted by atomic mass is 9.86. The van der Waals surface area contributed by atoms with Crippen LogP contribution in [-0.4, -0.2) is 31.8 Å². The van der Waals surface area contributed by atoms with Crippen molar-refractivity contribution in [2.75, 3.05) is 11.1 Å². The van der Waals surface area contributed by atoms with E-state index >= 15 is 0 Å². The van der Waals surface area contributed by atoms with Crippen molar-refractivity contribution in [3.05, 3.63) is 11.8 Å². The standard InChI is InChI=1S/C13H19N7O/c1-7-4-2-3-5-9(7)17-10-8(11(14)21)6-16-20-12(10)18-19-13(20)15/h6-7,9,17H,2-5H2,1H3,(H2,14,21)(H2,15,19). The number of nitrogens with two attached hydrogens (primary N) is 2. The SMILES string of the molecule is CC1CCCCC1Nc1c(C(N)=O)cnn2c(N)nnc12. The number of nitrogens with zero attached hydrogens (tertiary/aromatic N) is 4. The first-order valence-corrected chi connectivity index (χ1v) is 7.14. The van der Waals surface area contributed by atoms with Crippen LogP contribution in [0.3, 0.4) is 0 Å². The highest BCUT2D eigenvalue weighted by Gasteiger charge is 2.25. The lowest BCUT2D eigenvalue weighted by Crippen LogP contribution is -2.32. The summed E-state index contributed by atoms with van der Waals surface area (Å²) in [5, 5.41) is 15.3. The molecule has 2 atom stereocenters. The number of aromatic nitrogens is 4. The number of fused-ring (bicyclic) bond motifs is 1. The number of hydrogen-bond donors (Lipinski definition) is 3. The summed E-state index contributed by atoms with van der Waals surface area (Å²) in [6.45, 7) is 2.21. The van der Waals surface area contributed by atoms with Crippen LogP contribution in [0.25, 0.3) is 5.65 Å². The van der Waals surface area contributed by atoms with E-state index in [9.17, 15) is 4.79 Å². The van der Waals surface area contributed by atoms with E-state index in [0.29, 0.717) is 22.8 Å². The van der Waals surface area contributed by atoms with Crippen LogP contribution in [-0.2, 0) is 0 Å². The minimum absolute atomic E-state index is 0.181. The molecule has 3 rings (SSSR count). The number of amides is 1. The molecule has 8 heteroatoms. The summed E-state index contributed by atoms with van der Waals surface area (Å²) in [4.78, 5) is 11.6. The van der Waals surface area contributed by atoms with Crippen LogP contribution in [0.5, 0.6) is 0 Å². The monoisotopic (exact) mass is 289 g/mol. The zero-order valence-electron chi connectivity index (χ0n) is 11.9. The van der Waals surface area contributed by atoms with Crippen molar-refractivity contribution >= 4 is 23.2 Å². The van der Waals surface area contributed by atoms with Gasteiger partial charge in [0.05, 0.1) is 17.4 Å². The second-order valence-corrected chi connectivity index (χ2v) is 5.60. The Hall–Kier alpha value is -2.38. The summed E-state index contributed by atoms with van der Waals surface area (Å²) in [5.41, 5.74) is 12.5. The fraction of sp³-hybridized carbons (Fsp3) is 0.538. The average Bonchev–Trinajstić information content (AvgIpc) is 2.83. The van der Waals surface area contributed by atoms with Crippen LogP contribution in [0.4, 0.5) is 11.6 Å². The average molecular weight is 289 g/mol. The molecule has 21 heavy (non-hydrogen) atoms. The Bertz CT molecular complexity index is 680. The van der Waals surface area contributed by atoms with E-state index < -0.39 is 5.91 Å². The first kappa shape index (κ1) is 13.6. The van der Waals surface area contributed by atoms with Crippen molar-refractivity contribution < 1.29 is 4.79 Å². The minimum Gasteiger partial charge on any atom is -0.378 e. The van der Waals surface area contributed by atoms with Gasteiger partial charge in [-0.25, -0.2) is 0 Å². The van der Waals surface area contributed by atoms with Gasteiger partial charge in [0.25, 0.3) is 5.91 Å². The number of rotatable bonds is 3. The first-order chi connectivity index (χ1) is 10.1. The number of anilines is 2. The predicted octanol–water partition coefficient (Wildman–Crippen LogP) is 0.796. The normalized spacial score (nSPS) is 22.3. The summed E-state index contributed by atoms with van der Waals surface area (Å²) in [5.74, 6) is 0.159. The fourth-order valence-electron chi connectivity index (χ4n) is 2.91. The van der Waals surface area contributed by atoms with Gasteiger partial charge in [-0.15, -0.1) is 10.2 Å². The lowest BCUT2D eigenvalue weighted by molar-refractivity contribution is 0.100. The number of nitrogens with one attached hydrogen (secondary N) is 1. The smallest absolute Gasteiger partial charge is 0.252 e. The molecule has 0 aromatic carbocycles. The Morgan fingerprint density at radius 1 is 1.38 bits per heavy atom. The summed E-state index contributed by atoms with van der Waals surface area (Å²) in [6.07, 6.45) is 6.04. The second kappa shape index (κ2) is 5.19. The Morgan fingerprint density at radius 2 is 2.14 bits per heavy atom. The quantitative estimate of drug-likeness (QED) is 0.767. The molecule has 1 amide bonds. The van der Waals surface area contributed by atoms with Crippen molar-refractivity contribution in [2.24, 2.45) is 11.7 Å². The first-order valence-electron chi connectivity index (χ1n) is 7.14. The van der Waals surface area contributed by atoms with E-state index in [1.165, 1.54) is 30.0 Å². The molecule has 8 nitrogen and oxygen atoms in total. The molecule has 2 heterocycles. The molecule has 0 spiro atoms. The molecule has 0 saturated heterocycles. The van der Waals surface area contributed by atoms with E-state index in [0.717, 1.165) is 6.42 Å². The molecule has 1 fully saturated rings. The summed E-state index contributed by atoms with van der Waals surface area (Å²) >= 11 is 0. The highest BCUT2D eigenvalue weighted by Crippen LogP contribution is 2.29. The molecule has 1 saturated carbocycles. The summed E-state index contributed by atoms with van der Waals surface area (Å²) < 4.78 is 1.41. The second-order valence-electron chi connectivity index (χ2n) is 5.60. The van der Waals surface area contributed by atoms with E-state index in [2.05, 4.69) is 27.5 Å².